The molecule has 3 amide bonds. The zero-order chi connectivity index (χ0) is 15.0. The van der Waals surface area contributed by atoms with Crippen molar-refractivity contribution in [3.63, 3.8) is 0 Å². The van der Waals surface area contributed by atoms with Gasteiger partial charge in [-0.3, -0.25) is 19.3 Å². The molecule has 1 aromatic rings. The summed E-state index contributed by atoms with van der Waals surface area (Å²) in [5, 5.41) is 8.72. The summed E-state index contributed by atoms with van der Waals surface area (Å²) in [5.74, 6) is -0.430. The Labute approximate surface area is 121 Å². The lowest BCUT2D eigenvalue weighted by Crippen LogP contribution is -2.62. The van der Waals surface area contributed by atoms with Crippen LogP contribution in [0.2, 0.25) is 0 Å². The molecule has 0 spiro atoms. The summed E-state index contributed by atoms with van der Waals surface area (Å²) in [5.41, 5.74) is 1.01. The zero-order valence-electron chi connectivity index (χ0n) is 11.3. The Kier molecular flexibility index (Phi) is 3.18. The molecule has 3 rings (SSSR count). The summed E-state index contributed by atoms with van der Waals surface area (Å²) in [6, 6.07) is 8.23. The first kappa shape index (κ1) is 13.3. The predicted octanol–water partition coefficient (Wildman–Crippen LogP) is 0.532. The fourth-order valence-electron chi connectivity index (χ4n) is 2.66. The third-order valence-corrected chi connectivity index (χ3v) is 3.87. The van der Waals surface area contributed by atoms with Crippen LogP contribution in [-0.4, -0.2) is 46.7 Å². The maximum atomic E-state index is 12.2. The molecule has 0 aliphatic carbocycles. The van der Waals surface area contributed by atoms with Crippen molar-refractivity contribution in [3.05, 3.63) is 35.4 Å². The minimum Gasteiger partial charge on any atom is -0.334 e. The van der Waals surface area contributed by atoms with Gasteiger partial charge in [-0.05, 0) is 24.3 Å². The smallest absolute Gasteiger partial charge is 0.253 e. The van der Waals surface area contributed by atoms with E-state index < -0.39 is 0 Å². The average molecular weight is 283 g/mol. The molecule has 0 unspecified atom stereocenters. The van der Waals surface area contributed by atoms with Gasteiger partial charge in [0.05, 0.1) is 17.7 Å². The van der Waals surface area contributed by atoms with Crippen LogP contribution in [0.15, 0.2) is 24.3 Å². The van der Waals surface area contributed by atoms with E-state index in [1.165, 1.54) is 4.90 Å². The molecule has 106 valence electrons. The van der Waals surface area contributed by atoms with Crippen LogP contribution in [0.25, 0.3) is 0 Å². The van der Waals surface area contributed by atoms with Crippen LogP contribution >= 0.6 is 0 Å². The van der Waals surface area contributed by atoms with Gasteiger partial charge in [0.2, 0.25) is 11.8 Å². The molecule has 2 aliphatic rings. The summed E-state index contributed by atoms with van der Waals surface area (Å²) in [4.78, 5) is 38.3. The number of likely N-dealkylation sites (tertiary alicyclic amines) is 2. The van der Waals surface area contributed by atoms with E-state index in [2.05, 4.69) is 0 Å². The topological polar surface area (TPSA) is 81.5 Å². The number of carbonyl (C=O) groups is 3. The van der Waals surface area contributed by atoms with Crippen molar-refractivity contribution in [3.8, 4) is 6.07 Å². The van der Waals surface area contributed by atoms with Crippen molar-refractivity contribution in [1.82, 2.24) is 9.80 Å². The van der Waals surface area contributed by atoms with Gasteiger partial charge in [-0.25, -0.2) is 0 Å². The van der Waals surface area contributed by atoms with Gasteiger partial charge in [-0.1, -0.05) is 0 Å². The van der Waals surface area contributed by atoms with Gasteiger partial charge in [0, 0.05) is 31.5 Å². The second-order valence-electron chi connectivity index (χ2n) is 5.21. The third-order valence-electron chi connectivity index (χ3n) is 3.87. The molecule has 0 N–H and O–H groups in total. The molecule has 0 bridgehead atoms. The maximum absolute atomic E-state index is 12.2. The number of nitriles is 1. The molecule has 6 heteroatoms. The van der Waals surface area contributed by atoms with Gasteiger partial charge in [0.1, 0.15) is 0 Å². The Bertz CT molecular complexity index is 638. The lowest BCUT2D eigenvalue weighted by molar-refractivity contribution is -0.144. The van der Waals surface area contributed by atoms with E-state index in [0.717, 1.165) is 0 Å². The highest BCUT2D eigenvalue weighted by Crippen LogP contribution is 2.23. The van der Waals surface area contributed by atoms with Gasteiger partial charge >= 0.3 is 0 Å². The minimum absolute atomic E-state index is 0.143. The van der Waals surface area contributed by atoms with Crippen LogP contribution in [0, 0.1) is 11.3 Å². The van der Waals surface area contributed by atoms with Crippen LogP contribution in [0.3, 0.4) is 0 Å². The molecule has 0 aromatic heterocycles. The molecule has 6 nitrogen and oxygen atoms in total. The molecular weight excluding hydrogens is 270 g/mol. The van der Waals surface area contributed by atoms with E-state index in [1.54, 1.807) is 29.2 Å². The van der Waals surface area contributed by atoms with E-state index in [4.69, 9.17) is 5.26 Å². The first-order valence-electron chi connectivity index (χ1n) is 6.74. The third kappa shape index (κ3) is 2.27. The summed E-state index contributed by atoms with van der Waals surface area (Å²) < 4.78 is 0. The fraction of sp³-hybridized carbons (Fsp3) is 0.333. The lowest BCUT2D eigenvalue weighted by atomic mass is 10.0. The van der Waals surface area contributed by atoms with Crippen molar-refractivity contribution in [2.45, 2.75) is 18.9 Å². The van der Waals surface area contributed by atoms with Crippen LogP contribution in [-0.2, 0) is 9.59 Å². The number of hydrogen-bond donors (Lipinski definition) is 0. The van der Waals surface area contributed by atoms with Crippen molar-refractivity contribution in [2.24, 2.45) is 0 Å². The largest absolute Gasteiger partial charge is 0.334 e. The van der Waals surface area contributed by atoms with Crippen LogP contribution < -0.4 is 0 Å². The minimum atomic E-state index is -0.185. The summed E-state index contributed by atoms with van der Waals surface area (Å²) >= 11 is 0. The Morgan fingerprint density at radius 2 is 1.67 bits per heavy atom. The number of hydrogen-bond acceptors (Lipinski definition) is 4. The van der Waals surface area contributed by atoms with Gasteiger partial charge in [0.25, 0.3) is 5.91 Å². The second-order valence-corrected chi connectivity index (χ2v) is 5.21. The maximum Gasteiger partial charge on any atom is 0.253 e. The molecule has 0 atom stereocenters. The van der Waals surface area contributed by atoms with E-state index >= 15 is 0 Å². The summed E-state index contributed by atoms with van der Waals surface area (Å²) in [7, 11) is 0. The van der Waals surface area contributed by atoms with E-state index in [9.17, 15) is 14.4 Å². The van der Waals surface area contributed by atoms with Crippen LogP contribution in [0.4, 0.5) is 0 Å². The standard InChI is InChI=1S/C15H13N3O3/c16-7-10-1-3-11(4-2-10)15(21)17-8-12(9-17)18-13(19)5-6-14(18)20/h1-4,12H,5-6,8-9H2. The predicted molar refractivity (Wildman–Crippen MR) is 71.9 cm³/mol. The van der Waals surface area contributed by atoms with Crippen molar-refractivity contribution in [2.75, 3.05) is 13.1 Å². The highest BCUT2D eigenvalue weighted by molar-refractivity contribution is 6.03. The first-order chi connectivity index (χ1) is 10.1. The molecule has 21 heavy (non-hydrogen) atoms. The number of amides is 3. The molecule has 2 fully saturated rings. The lowest BCUT2D eigenvalue weighted by Gasteiger charge is -2.43. The molecule has 0 saturated carbocycles. The molecule has 2 heterocycles. The zero-order valence-corrected chi connectivity index (χ0v) is 11.3. The fourth-order valence-corrected chi connectivity index (χ4v) is 2.66. The Morgan fingerprint density at radius 3 is 2.19 bits per heavy atom. The summed E-state index contributed by atoms with van der Waals surface area (Å²) in [6.45, 7) is 0.770. The van der Waals surface area contributed by atoms with E-state index in [1.807, 2.05) is 6.07 Å². The molecule has 1 aromatic carbocycles. The highest BCUT2D eigenvalue weighted by atomic mass is 16.2. The number of imide groups is 1. The van der Waals surface area contributed by atoms with Crippen molar-refractivity contribution < 1.29 is 14.4 Å². The quantitative estimate of drug-likeness (QED) is 0.741. The Morgan fingerprint density at radius 1 is 1.10 bits per heavy atom. The van der Waals surface area contributed by atoms with Crippen molar-refractivity contribution >= 4 is 17.7 Å². The number of carbonyl (C=O) groups excluding carboxylic acids is 3. The van der Waals surface area contributed by atoms with E-state index in [-0.39, 0.29) is 36.6 Å². The first-order valence-corrected chi connectivity index (χ1v) is 6.74. The average Bonchev–Trinajstić information content (AvgIpc) is 2.78. The normalized spacial score (nSPS) is 18.6. The molecule has 0 radical (unpaired) electrons. The van der Waals surface area contributed by atoms with Crippen LogP contribution in [0.1, 0.15) is 28.8 Å². The number of nitrogens with zero attached hydrogens (tertiary/aromatic N) is 3. The van der Waals surface area contributed by atoms with Gasteiger partial charge in [-0.15, -0.1) is 0 Å². The SMILES string of the molecule is N#Cc1ccc(C(=O)N2CC(N3C(=O)CCC3=O)C2)cc1. The Hall–Kier alpha value is -2.68. The van der Waals surface area contributed by atoms with Crippen molar-refractivity contribution in [1.29, 1.82) is 5.26 Å². The number of rotatable bonds is 2. The number of benzene rings is 1. The molecule has 2 saturated heterocycles. The highest BCUT2D eigenvalue weighted by Gasteiger charge is 2.42. The van der Waals surface area contributed by atoms with Gasteiger partial charge in [0.15, 0.2) is 0 Å². The van der Waals surface area contributed by atoms with E-state index in [0.29, 0.717) is 24.2 Å². The molecule has 2 aliphatic heterocycles. The van der Waals surface area contributed by atoms with Crippen LogP contribution in [0.5, 0.6) is 0 Å². The second kappa shape index (κ2) is 5.02. The van der Waals surface area contributed by atoms with Gasteiger partial charge < -0.3 is 4.90 Å². The summed E-state index contributed by atoms with van der Waals surface area (Å²) in [6.07, 6.45) is 0.553. The Balaban J connectivity index is 1.63. The molecular formula is C15H13N3O3. The monoisotopic (exact) mass is 283 g/mol. The van der Waals surface area contributed by atoms with Gasteiger partial charge in [-0.2, -0.15) is 5.26 Å².